The smallest absolute Gasteiger partial charge is 0.337 e. The van der Waals surface area contributed by atoms with E-state index in [1.165, 1.54) is 6.07 Å². The summed E-state index contributed by atoms with van der Waals surface area (Å²) in [5.74, 6) is -1.98. The van der Waals surface area contributed by atoms with Crippen LogP contribution in [0.3, 0.4) is 0 Å². The van der Waals surface area contributed by atoms with Crippen molar-refractivity contribution in [2.45, 2.75) is 13.0 Å². The van der Waals surface area contributed by atoms with E-state index < -0.39 is 17.9 Å². The predicted octanol–water partition coefficient (Wildman–Crippen LogP) is 2.01. The van der Waals surface area contributed by atoms with Crippen molar-refractivity contribution >= 4 is 21.9 Å². The van der Waals surface area contributed by atoms with Gasteiger partial charge in [-0.05, 0) is 24.6 Å². The Morgan fingerprint density at radius 1 is 1.57 bits per heavy atom. The monoisotopic (exact) mass is 262 g/mol. The molecular weight excluding hydrogens is 255 g/mol. The van der Waals surface area contributed by atoms with Gasteiger partial charge in [0, 0.05) is 10.0 Å². The van der Waals surface area contributed by atoms with Gasteiger partial charge in [0.25, 0.3) is 0 Å². The number of aryl methyl sites for hydroxylation is 1. The number of hydrogen-bond donors (Lipinski definition) is 2. The molecule has 5 heteroatoms. The summed E-state index contributed by atoms with van der Waals surface area (Å²) in [4.78, 5) is 10.5. The molecule has 0 radical (unpaired) electrons. The number of halogens is 2. The Kier molecular flexibility index (Phi) is 3.23. The van der Waals surface area contributed by atoms with Crippen molar-refractivity contribution in [1.82, 2.24) is 0 Å². The van der Waals surface area contributed by atoms with Gasteiger partial charge in [-0.15, -0.1) is 0 Å². The zero-order valence-corrected chi connectivity index (χ0v) is 8.88. The predicted molar refractivity (Wildman–Crippen MR) is 51.4 cm³/mol. The first-order valence-electron chi connectivity index (χ1n) is 3.80. The van der Waals surface area contributed by atoms with Gasteiger partial charge in [-0.2, -0.15) is 0 Å². The molecule has 1 aromatic carbocycles. The second-order valence-electron chi connectivity index (χ2n) is 2.87. The van der Waals surface area contributed by atoms with E-state index >= 15 is 0 Å². The highest BCUT2D eigenvalue weighted by molar-refractivity contribution is 9.10. The largest absolute Gasteiger partial charge is 0.479 e. The highest BCUT2D eigenvalue weighted by Gasteiger charge is 2.20. The number of carbonyl (C=O) groups is 1. The maximum absolute atomic E-state index is 12.9. The molecule has 0 bridgehead atoms. The second-order valence-corrected chi connectivity index (χ2v) is 3.66. The van der Waals surface area contributed by atoms with Gasteiger partial charge in [-0.1, -0.05) is 15.9 Å². The van der Waals surface area contributed by atoms with Crippen LogP contribution in [0.5, 0.6) is 0 Å². The van der Waals surface area contributed by atoms with Gasteiger partial charge in [-0.3, -0.25) is 0 Å². The number of carboxylic acids is 1. The van der Waals surface area contributed by atoms with Crippen LogP contribution in [0.4, 0.5) is 4.39 Å². The summed E-state index contributed by atoms with van der Waals surface area (Å²) in [6.45, 7) is 1.62. The number of hydrogen-bond acceptors (Lipinski definition) is 2. The average molecular weight is 263 g/mol. The molecular formula is C9H8BrFO3. The number of aliphatic hydroxyl groups excluding tert-OH is 1. The highest BCUT2D eigenvalue weighted by atomic mass is 79.9. The lowest BCUT2D eigenvalue weighted by Gasteiger charge is -2.10. The third kappa shape index (κ3) is 2.10. The Morgan fingerprint density at radius 3 is 2.64 bits per heavy atom. The van der Waals surface area contributed by atoms with E-state index in [0.717, 1.165) is 6.07 Å². The lowest BCUT2D eigenvalue weighted by Crippen LogP contribution is -2.11. The van der Waals surface area contributed by atoms with E-state index in [2.05, 4.69) is 15.9 Å². The van der Waals surface area contributed by atoms with Crippen LogP contribution in [-0.2, 0) is 4.79 Å². The van der Waals surface area contributed by atoms with Gasteiger partial charge in [0.1, 0.15) is 5.82 Å². The van der Waals surface area contributed by atoms with Crippen LogP contribution >= 0.6 is 15.9 Å². The first-order chi connectivity index (χ1) is 6.43. The van der Waals surface area contributed by atoms with Crippen LogP contribution in [0, 0.1) is 12.7 Å². The van der Waals surface area contributed by atoms with Crippen LogP contribution < -0.4 is 0 Å². The van der Waals surface area contributed by atoms with Crippen molar-refractivity contribution in [3.63, 3.8) is 0 Å². The normalized spacial score (nSPS) is 12.6. The van der Waals surface area contributed by atoms with Gasteiger partial charge in [-0.25, -0.2) is 9.18 Å². The molecule has 0 amide bonds. The number of aliphatic carboxylic acids is 1. The fraction of sp³-hybridized carbons (Fsp3) is 0.222. The molecule has 0 heterocycles. The summed E-state index contributed by atoms with van der Waals surface area (Å²) in [6.07, 6.45) is -1.71. The minimum atomic E-state index is -1.71. The minimum absolute atomic E-state index is 0.0231. The van der Waals surface area contributed by atoms with Gasteiger partial charge < -0.3 is 10.2 Å². The van der Waals surface area contributed by atoms with E-state index in [-0.39, 0.29) is 5.56 Å². The quantitative estimate of drug-likeness (QED) is 0.858. The molecule has 0 saturated heterocycles. The molecule has 0 spiro atoms. The summed E-state index contributed by atoms with van der Waals surface area (Å²) < 4.78 is 13.3. The topological polar surface area (TPSA) is 57.5 Å². The number of rotatable bonds is 2. The molecule has 76 valence electrons. The first-order valence-corrected chi connectivity index (χ1v) is 4.59. The third-order valence-corrected chi connectivity index (χ3v) is 2.86. The molecule has 1 atom stereocenters. The molecule has 0 fully saturated rings. The van der Waals surface area contributed by atoms with E-state index in [0.29, 0.717) is 10.0 Å². The van der Waals surface area contributed by atoms with Gasteiger partial charge in [0.05, 0.1) is 0 Å². The van der Waals surface area contributed by atoms with Crippen molar-refractivity contribution in [1.29, 1.82) is 0 Å². The summed E-state index contributed by atoms with van der Waals surface area (Å²) in [7, 11) is 0. The van der Waals surface area contributed by atoms with E-state index in [4.69, 9.17) is 5.11 Å². The molecule has 1 aromatic rings. The molecule has 1 unspecified atom stereocenters. The zero-order valence-electron chi connectivity index (χ0n) is 7.29. The Balaban J connectivity index is 3.26. The second kappa shape index (κ2) is 4.06. The van der Waals surface area contributed by atoms with Crippen molar-refractivity contribution < 1.29 is 19.4 Å². The van der Waals surface area contributed by atoms with Crippen LogP contribution in [0.1, 0.15) is 17.2 Å². The van der Waals surface area contributed by atoms with Crippen molar-refractivity contribution in [3.05, 3.63) is 33.5 Å². The van der Waals surface area contributed by atoms with Crippen molar-refractivity contribution in [2.75, 3.05) is 0 Å². The van der Waals surface area contributed by atoms with Crippen LogP contribution in [0.15, 0.2) is 16.6 Å². The molecule has 3 nitrogen and oxygen atoms in total. The Morgan fingerprint density at radius 2 is 2.14 bits per heavy atom. The van der Waals surface area contributed by atoms with Gasteiger partial charge in [0.15, 0.2) is 6.10 Å². The van der Waals surface area contributed by atoms with Crippen molar-refractivity contribution in [2.24, 2.45) is 0 Å². The molecule has 0 aromatic heterocycles. The highest BCUT2D eigenvalue weighted by Crippen LogP contribution is 2.27. The summed E-state index contributed by atoms with van der Waals surface area (Å²) in [5, 5.41) is 17.8. The maximum atomic E-state index is 12.9. The summed E-state index contributed by atoms with van der Waals surface area (Å²) >= 11 is 3.09. The van der Waals surface area contributed by atoms with Crippen LogP contribution in [0.25, 0.3) is 0 Å². The molecule has 0 aliphatic carbocycles. The molecule has 0 saturated carbocycles. The lowest BCUT2D eigenvalue weighted by atomic mass is 10.1. The average Bonchev–Trinajstić information content (AvgIpc) is 2.09. The Bertz CT molecular complexity index is 379. The standard InChI is InChI=1S/C9H8BrFO3/c1-4-2-5(11)3-6(7(4)10)8(12)9(13)14/h2-3,8,12H,1H3,(H,13,14). The molecule has 0 aliphatic rings. The molecule has 1 rings (SSSR count). The van der Waals surface area contributed by atoms with Crippen molar-refractivity contribution in [3.8, 4) is 0 Å². The fourth-order valence-electron chi connectivity index (χ4n) is 1.08. The minimum Gasteiger partial charge on any atom is -0.479 e. The maximum Gasteiger partial charge on any atom is 0.337 e. The lowest BCUT2D eigenvalue weighted by molar-refractivity contribution is -0.147. The molecule has 2 N–H and O–H groups in total. The number of benzene rings is 1. The van der Waals surface area contributed by atoms with Crippen LogP contribution in [-0.4, -0.2) is 16.2 Å². The van der Waals surface area contributed by atoms with Gasteiger partial charge in [0.2, 0.25) is 0 Å². The first kappa shape index (κ1) is 11.1. The number of aliphatic hydroxyl groups is 1. The Hall–Kier alpha value is -0.940. The van der Waals surface area contributed by atoms with E-state index in [9.17, 15) is 14.3 Å². The fourth-order valence-corrected chi connectivity index (χ4v) is 1.53. The summed E-state index contributed by atoms with van der Waals surface area (Å²) in [6, 6.07) is 2.25. The van der Waals surface area contributed by atoms with E-state index in [1.807, 2.05) is 0 Å². The molecule has 0 aliphatic heterocycles. The summed E-state index contributed by atoms with van der Waals surface area (Å²) in [5.41, 5.74) is 0.565. The SMILES string of the molecule is Cc1cc(F)cc(C(O)C(=O)O)c1Br. The molecule has 14 heavy (non-hydrogen) atoms. The Labute approximate surface area is 88.3 Å². The third-order valence-electron chi connectivity index (χ3n) is 1.78. The van der Waals surface area contributed by atoms with Crippen LogP contribution in [0.2, 0.25) is 0 Å². The van der Waals surface area contributed by atoms with E-state index in [1.54, 1.807) is 6.92 Å². The zero-order chi connectivity index (χ0) is 10.9. The number of carboxylic acid groups (broad SMARTS) is 1. The van der Waals surface area contributed by atoms with Gasteiger partial charge >= 0.3 is 5.97 Å².